The van der Waals surface area contributed by atoms with E-state index in [9.17, 15) is 9.59 Å². The molecule has 0 radical (unpaired) electrons. The summed E-state index contributed by atoms with van der Waals surface area (Å²) in [7, 11) is 0. The quantitative estimate of drug-likeness (QED) is 0.574. The first-order valence-corrected chi connectivity index (χ1v) is 5.68. The Hall–Kier alpha value is -0.670. The molecule has 76 valence electrons. The number of hydrogen-bond donors (Lipinski definition) is 0. The van der Waals surface area contributed by atoms with E-state index in [4.69, 9.17) is 11.6 Å². The lowest BCUT2D eigenvalue weighted by atomic mass is 10.1. The standard InChI is InChI=1S/C10H11ClO2S/c1-2-3-8(12)5-9(13)7-4-10(11)14-6-7/h4,6H,2-3,5H2,1H3. The zero-order valence-corrected chi connectivity index (χ0v) is 9.45. The van der Waals surface area contributed by atoms with Crippen LogP contribution in [0.4, 0.5) is 0 Å². The molecule has 0 aromatic carbocycles. The maximum absolute atomic E-state index is 11.5. The van der Waals surface area contributed by atoms with Crippen molar-refractivity contribution >= 4 is 34.5 Å². The third-order valence-electron chi connectivity index (χ3n) is 1.78. The monoisotopic (exact) mass is 230 g/mol. The summed E-state index contributed by atoms with van der Waals surface area (Å²) in [5, 5.41) is 1.68. The van der Waals surface area contributed by atoms with Gasteiger partial charge in [0.05, 0.1) is 10.8 Å². The van der Waals surface area contributed by atoms with Gasteiger partial charge in [-0.1, -0.05) is 18.5 Å². The minimum absolute atomic E-state index is 0.000164. The van der Waals surface area contributed by atoms with Crippen LogP contribution in [0.3, 0.4) is 0 Å². The van der Waals surface area contributed by atoms with Crippen LogP contribution in [0.1, 0.15) is 36.5 Å². The van der Waals surface area contributed by atoms with E-state index in [-0.39, 0.29) is 18.0 Å². The first-order valence-electron chi connectivity index (χ1n) is 4.42. The van der Waals surface area contributed by atoms with Crippen LogP contribution in [0.15, 0.2) is 11.4 Å². The highest BCUT2D eigenvalue weighted by Gasteiger charge is 2.12. The first kappa shape index (κ1) is 11.4. The first-order chi connectivity index (χ1) is 6.63. The highest BCUT2D eigenvalue weighted by Crippen LogP contribution is 2.21. The van der Waals surface area contributed by atoms with Gasteiger partial charge in [0.2, 0.25) is 0 Å². The second-order valence-corrected chi connectivity index (χ2v) is 4.57. The molecule has 1 aromatic heterocycles. The molecule has 0 aliphatic carbocycles. The maximum atomic E-state index is 11.5. The lowest BCUT2D eigenvalue weighted by Crippen LogP contribution is -2.06. The van der Waals surface area contributed by atoms with Crippen molar-refractivity contribution in [1.82, 2.24) is 0 Å². The smallest absolute Gasteiger partial charge is 0.171 e. The van der Waals surface area contributed by atoms with Crippen LogP contribution in [0.5, 0.6) is 0 Å². The van der Waals surface area contributed by atoms with Crippen molar-refractivity contribution in [3.05, 3.63) is 21.3 Å². The largest absolute Gasteiger partial charge is 0.299 e. The Balaban J connectivity index is 2.55. The van der Waals surface area contributed by atoms with Crippen LogP contribution in [0.2, 0.25) is 4.34 Å². The molecule has 1 rings (SSSR count). The number of ketones is 2. The van der Waals surface area contributed by atoms with Crippen molar-refractivity contribution in [2.75, 3.05) is 0 Å². The third-order valence-corrected chi connectivity index (χ3v) is 2.87. The number of hydrogen-bond acceptors (Lipinski definition) is 3. The summed E-state index contributed by atoms with van der Waals surface area (Å²) in [4.78, 5) is 22.7. The van der Waals surface area contributed by atoms with E-state index < -0.39 is 0 Å². The fourth-order valence-electron chi connectivity index (χ4n) is 1.10. The summed E-state index contributed by atoms with van der Waals surface area (Å²) in [5.41, 5.74) is 0.546. The van der Waals surface area contributed by atoms with Crippen molar-refractivity contribution in [3.8, 4) is 0 Å². The number of rotatable bonds is 5. The molecule has 0 saturated carbocycles. The van der Waals surface area contributed by atoms with Crippen LogP contribution >= 0.6 is 22.9 Å². The van der Waals surface area contributed by atoms with Crippen LogP contribution in [0, 0.1) is 0 Å². The summed E-state index contributed by atoms with van der Waals surface area (Å²) in [5.74, 6) is -0.133. The number of thiophene rings is 1. The summed E-state index contributed by atoms with van der Waals surface area (Å²) in [6, 6.07) is 1.60. The molecule has 0 bridgehead atoms. The Labute approximate surface area is 91.9 Å². The molecule has 0 amide bonds. The van der Waals surface area contributed by atoms with E-state index >= 15 is 0 Å². The van der Waals surface area contributed by atoms with Crippen LogP contribution in [0.25, 0.3) is 0 Å². The minimum Gasteiger partial charge on any atom is -0.299 e. The molecular weight excluding hydrogens is 220 g/mol. The van der Waals surface area contributed by atoms with E-state index in [0.717, 1.165) is 6.42 Å². The Morgan fingerprint density at radius 1 is 1.50 bits per heavy atom. The van der Waals surface area contributed by atoms with Gasteiger partial charge in [-0.25, -0.2) is 0 Å². The van der Waals surface area contributed by atoms with E-state index in [0.29, 0.717) is 16.3 Å². The summed E-state index contributed by atoms with van der Waals surface area (Å²) in [6.45, 7) is 1.92. The molecule has 0 aliphatic heterocycles. The van der Waals surface area contributed by atoms with Crippen LogP contribution < -0.4 is 0 Å². The minimum atomic E-state index is -0.133. The predicted molar refractivity (Wildman–Crippen MR) is 58.2 cm³/mol. The maximum Gasteiger partial charge on any atom is 0.171 e. The number of halogens is 1. The molecule has 0 saturated heterocycles. The van der Waals surface area contributed by atoms with Crippen molar-refractivity contribution in [2.45, 2.75) is 26.2 Å². The summed E-state index contributed by atoms with van der Waals surface area (Å²) in [6.07, 6.45) is 1.26. The van der Waals surface area contributed by atoms with Crippen molar-refractivity contribution in [2.24, 2.45) is 0 Å². The molecule has 1 heterocycles. The summed E-state index contributed by atoms with van der Waals surface area (Å²) >= 11 is 6.99. The third kappa shape index (κ3) is 3.24. The molecule has 0 unspecified atom stereocenters. The van der Waals surface area contributed by atoms with E-state index in [1.165, 1.54) is 11.3 Å². The predicted octanol–water partition coefficient (Wildman–Crippen LogP) is 3.34. The van der Waals surface area contributed by atoms with Gasteiger partial charge in [0, 0.05) is 17.4 Å². The van der Waals surface area contributed by atoms with Gasteiger partial charge in [-0.15, -0.1) is 11.3 Å². The van der Waals surface area contributed by atoms with Crippen LogP contribution in [-0.4, -0.2) is 11.6 Å². The lowest BCUT2D eigenvalue weighted by Gasteiger charge is -1.96. The van der Waals surface area contributed by atoms with Gasteiger partial charge in [0.1, 0.15) is 5.78 Å². The van der Waals surface area contributed by atoms with Gasteiger partial charge in [-0.2, -0.15) is 0 Å². The van der Waals surface area contributed by atoms with Crippen molar-refractivity contribution < 1.29 is 9.59 Å². The van der Waals surface area contributed by atoms with Gasteiger partial charge in [-0.05, 0) is 12.5 Å². The van der Waals surface area contributed by atoms with E-state index in [1.807, 2.05) is 6.92 Å². The topological polar surface area (TPSA) is 34.1 Å². The van der Waals surface area contributed by atoms with E-state index in [2.05, 4.69) is 0 Å². The number of carbonyl (C=O) groups excluding carboxylic acids is 2. The highest BCUT2D eigenvalue weighted by molar-refractivity contribution is 7.14. The van der Waals surface area contributed by atoms with Gasteiger partial charge < -0.3 is 0 Å². The lowest BCUT2D eigenvalue weighted by molar-refractivity contribution is -0.118. The molecular formula is C10H11ClO2S. The van der Waals surface area contributed by atoms with Crippen molar-refractivity contribution in [1.29, 1.82) is 0 Å². The van der Waals surface area contributed by atoms with Gasteiger partial charge in [0.15, 0.2) is 5.78 Å². The number of Topliss-reactive ketones (excluding diaryl/α,β-unsaturated/α-hetero) is 2. The zero-order chi connectivity index (χ0) is 10.6. The molecule has 1 aromatic rings. The molecule has 0 aliphatic rings. The Morgan fingerprint density at radius 2 is 2.21 bits per heavy atom. The summed E-state index contributed by atoms with van der Waals surface area (Å²) < 4.78 is 0.580. The van der Waals surface area contributed by atoms with Crippen LogP contribution in [-0.2, 0) is 4.79 Å². The zero-order valence-electron chi connectivity index (χ0n) is 7.88. The number of carbonyl (C=O) groups is 2. The molecule has 0 N–H and O–H groups in total. The molecule has 0 fully saturated rings. The molecule has 0 atom stereocenters. The van der Waals surface area contributed by atoms with E-state index in [1.54, 1.807) is 11.4 Å². The highest BCUT2D eigenvalue weighted by atomic mass is 35.5. The normalized spacial score (nSPS) is 10.1. The second kappa shape index (κ2) is 5.27. The van der Waals surface area contributed by atoms with Crippen molar-refractivity contribution in [3.63, 3.8) is 0 Å². The molecule has 0 spiro atoms. The fourth-order valence-corrected chi connectivity index (χ4v) is 1.99. The van der Waals surface area contributed by atoms with Gasteiger partial charge >= 0.3 is 0 Å². The Kier molecular flexibility index (Phi) is 4.29. The van der Waals surface area contributed by atoms with Gasteiger partial charge in [-0.3, -0.25) is 9.59 Å². The fraction of sp³-hybridized carbons (Fsp3) is 0.400. The average molecular weight is 231 g/mol. The molecule has 2 nitrogen and oxygen atoms in total. The Bertz CT molecular complexity index is 344. The second-order valence-electron chi connectivity index (χ2n) is 3.03. The Morgan fingerprint density at radius 3 is 2.71 bits per heavy atom. The molecule has 4 heteroatoms. The van der Waals surface area contributed by atoms with Gasteiger partial charge in [0.25, 0.3) is 0 Å². The molecule has 14 heavy (non-hydrogen) atoms. The average Bonchev–Trinajstić information content (AvgIpc) is 2.52. The SMILES string of the molecule is CCCC(=O)CC(=O)c1csc(Cl)c1.